The van der Waals surface area contributed by atoms with Crippen molar-refractivity contribution >= 4 is 49.7 Å². The highest BCUT2D eigenvalue weighted by Gasteiger charge is 2.30. The fourth-order valence-electron chi connectivity index (χ4n) is 4.20. The Morgan fingerprint density at radius 1 is 1.18 bits per heavy atom. The zero-order valence-corrected chi connectivity index (χ0v) is 26.2. The van der Waals surface area contributed by atoms with Crippen LogP contribution >= 0.6 is 27.7 Å². The molecule has 1 saturated carbocycles. The lowest BCUT2D eigenvalue weighted by Crippen LogP contribution is -2.41. The summed E-state index contributed by atoms with van der Waals surface area (Å²) in [7, 11) is -3.81. The van der Waals surface area contributed by atoms with Gasteiger partial charge in [0.05, 0.1) is 10.5 Å². The minimum Gasteiger partial charge on any atom is -0.444 e. The smallest absolute Gasteiger partial charge is 0.407 e. The summed E-state index contributed by atoms with van der Waals surface area (Å²) >= 11 is 4.77. The van der Waals surface area contributed by atoms with E-state index in [0.717, 1.165) is 5.56 Å². The lowest BCUT2D eigenvalue weighted by atomic mass is 9.85. The van der Waals surface area contributed by atoms with Crippen LogP contribution < -0.4 is 15.4 Å². The van der Waals surface area contributed by atoms with Gasteiger partial charge in [0, 0.05) is 30.5 Å². The number of carbonyl (C=O) groups excluding carboxylic acids is 2. The van der Waals surface area contributed by atoms with Gasteiger partial charge in [0.25, 0.3) is 0 Å². The highest BCUT2D eigenvalue weighted by atomic mass is 79.9. The third-order valence-corrected chi connectivity index (χ3v) is 9.61. The summed E-state index contributed by atoms with van der Waals surface area (Å²) < 4.78 is 47.7. The monoisotopic (exact) mass is 658 g/mol. The Kier molecular flexibility index (Phi) is 11.4. The number of hydrogen-bond donors (Lipinski definition) is 3. The fraction of sp³-hybridized carbons (Fsp3) is 0.519. The Hall–Kier alpha value is -2.22. The molecule has 0 radical (unpaired) electrons. The molecule has 2 amide bonds. The SMILES string of the molecule is C[C@@H](NC(=O)[C@H]1CC[C@H](NS(=O)(=O)c2cnc(SCCNC(=O)OC(C)(C)C)c(Br)c2)CC1)c1ccc(F)cc1. The van der Waals surface area contributed by atoms with E-state index in [1.165, 1.54) is 36.2 Å². The van der Waals surface area contributed by atoms with E-state index in [2.05, 4.69) is 36.3 Å². The van der Waals surface area contributed by atoms with Crippen molar-refractivity contribution in [1.29, 1.82) is 0 Å². The molecule has 1 heterocycles. The second-order valence-electron chi connectivity index (χ2n) is 10.7. The number of halogens is 2. The maximum atomic E-state index is 13.2. The van der Waals surface area contributed by atoms with Crippen molar-refractivity contribution in [2.75, 3.05) is 12.3 Å². The van der Waals surface area contributed by atoms with E-state index in [1.54, 1.807) is 32.9 Å². The molecule has 0 saturated heterocycles. The van der Waals surface area contributed by atoms with E-state index in [1.807, 2.05) is 6.92 Å². The number of nitrogens with zero attached hydrogens (tertiary/aromatic N) is 1. The predicted octanol–water partition coefficient (Wildman–Crippen LogP) is 5.31. The molecule has 1 fully saturated rings. The van der Waals surface area contributed by atoms with Crippen molar-refractivity contribution < 1.29 is 27.1 Å². The maximum Gasteiger partial charge on any atom is 0.407 e. The third kappa shape index (κ3) is 10.0. The normalized spacial score (nSPS) is 18.6. The summed E-state index contributed by atoms with van der Waals surface area (Å²) in [5.74, 6) is -0.0961. The standard InChI is InChI=1S/C27H36BrFN4O5S2/c1-17(18-5-9-20(29)10-6-18)32-24(34)19-7-11-21(12-8-19)33-40(36,37)22-15-23(28)25(31-16-22)39-14-13-30-26(35)38-27(2,3)4/h5-6,9-10,15-17,19,21,33H,7-8,11-14H2,1-4H3,(H,30,35)(H,32,34)/t17-,19-,21-/m1/s1. The molecule has 1 aromatic carbocycles. The van der Waals surface area contributed by atoms with Gasteiger partial charge >= 0.3 is 6.09 Å². The number of benzene rings is 1. The molecule has 40 heavy (non-hydrogen) atoms. The maximum absolute atomic E-state index is 13.2. The summed E-state index contributed by atoms with van der Waals surface area (Å²) in [6.07, 6.45) is 3.01. The Bertz CT molecular complexity index is 1280. The Balaban J connectivity index is 1.45. The van der Waals surface area contributed by atoms with Gasteiger partial charge in [0.2, 0.25) is 15.9 Å². The second kappa shape index (κ2) is 14.1. The van der Waals surface area contributed by atoms with Crippen LogP contribution in [-0.2, 0) is 19.6 Å². The Morgan fingerprint density at radius 2 is 1.82 bits per heavy atom. The Morgan fingerprint density at radius 3 is 2.42 bits per heavy atom. The number of sulfonamides is 1. The van der Waals surface area contributed by atoms with E-state index in [0.29, 0.717) is 47.5 Å². The van der Waals surface area contributed by atoms with Crippen LogP contribution in [0.3, 0.4) is 0 Å². The first kappa shape index (κ1) is 32.3. The first-order chi connectivity index (χ1) is 18.7. The number of pyridine rings is 1. The minimum absolute atomic E-state index is 0.0450. The first-order valence-corrected chi connectivity index (χ1v) is 16.3. The van der Waals surface area contributed by atoms with Crippen molar-refractivity contribution in [1.82, 2.24) is 20.3 Å². The zero-order chi connectivity index (χ0) is 29.5. The first-order valence-electron chi connectivity index (χ1n) is 13.1. The topological polar surface area (TPSA) is 126 Å². The molecular formula is C27H36BrFN4O5S2. The van der Waals surface area contributed by atoms with Gasteiger partial charge in [-0.15, -0.1) is 11.8 Å². The van der Waals surface area contributed by atoms with Gasteiger partial charge in [0.15, 0.2) is 0 Å². The molecule has 0 unspecified atom stereocenters. The van der Waals surface area contributed by atoms with Crippen LogP contribution in [0, 0.1) is 11.7 Å². The number of hydrogen-bond acceptors (Lipinski definition) is 7. The lowest BCUT2D eigenvalue weighted by Gasteiger charge is -2.29. The van der Waals surface area contributed by atoms with Gasteiger partial charge in [0.1, 0.15) is 21.3 Å². The summed E-state index contributed by atoms with van der Waals surface area (Å²) in [5.41, 5.74) is 0.244. The molecule has 1 aliphatic rings. The number of carbonyl (C=O) groups is 2. The van der Waals surface area contributed by atoms with Crippen molar-refractivity contribution in [3.05, 3.63) is 52.4 Å². The number of nitrogens with one attached hydrogen (secondary N) is 3. The molecule has 3 rings (SSSR count). The molecule has 0 bridgehead atoms. The predicted molar refractivity (Wildman–Crippen MR) is 156 cm³/mol. The number of alkyl carbamates (subject to hydrolysis) is 1. The van der Waals surface area contributed by atoms with E-state index in [9.17, 15) is 22.4 Å². The molecule has 3 N–H and O–H groups in total. The molecule has 1 atom stereocenters. The second-order valence-corrected chi connectivity index (χ2v) is 14.3. The van der Waals surface area contributed by atoms with E-state index < -0.39 is 21.7 Å². The van der Waals surface area contributed by atoms with Gasteiger partial charge in [-0.05, 0) is 93.1 Å². The number of rotatable bonds is 10. The molecule has 0 spiro atoms. The van der Waals surface area contributed by atoms with Crippen molar-refractivity contribution in [2.45, 2.75) is 81.0 Å². The average Bonchev–Trinajstić information content (AvgIpc) is 2.86. The van der Waals surface area contributed by atoms with Crippen molar-refractivity contribution in [3.63, 3.8) is 0 Å². The molecule has 13 heteroatoms. The Labute approximate surface area is 248 Å². The van der Waals surface area contributed by atoms with Gasteiger partial charge in [-0.3, -0.25) is 4.79 Å². The minimum atomic E-state index is -3.81. The zero-order valence-electron chi connectivity index (χ0n) is 23.0. The fourth-order valence-corrected chi connectivity index (χ4v) is 7.04. The van der Waals surface area contributed by atoms with Crippen LogP contribution in [0.2, 0.25) is 0 Å². The van der Waals surface area contributed by atoms with E-state index in [-0.39, 0.29) is 34.6 Å². The number of thioether (sulfide) groups is 1. The van der Waals surface area contributed by atoms with Crippen LogP contribution in [0.15, 0.2) is 50.9 Å². The van der Waals surface area contributed by atoms with Crippen LogP contribution in [-0.4, -0.2) is 49.3 Å². The van der Waals surface area contributed by atoms with Crippen LogP contribution in [0.4, 0.5) is 9.18 Å². The molecule has 220 valence electrons. The van der Waals surface area contributed by atoms with Gasteiger partial charge < -0.3 is 15.4 Å². The van der Waals surface area contributed by atoms with Crippen molar-refractivity contribution in [2.24, 2.45) is 5.92 Å². The quantitative estimate of drug-likeness (QED) is 0.233. The van der Waals surface area contributed by atoms with Gasteiger partial charge in [-0.25, -0.2) is 27.3 Å². The molecule has 2 aromatic rings. The highest BCUT2D eigenvalue weighted by Crippen LogP contribution is 2.29. The molecule has 1 aliphatic carbocycles. The summed E-state index contributed by atoms with van der Waals surface area (Å²) in [4.78, 5) is 28.8. The van der Waals surface area contributed by atoms with Crippen molar-refractivity contribution in [3.8, 4) is 0 Å². The van der Waals surface area contributed by atoms with Crippen LogP contribution in [0.5, 0.6) is 0 Å². The summed E-state index contributed by atoms with van der Waals surface area (Å²) in [6.45, 7) is 7.58. The summed E-state index contributed by atoms with van der Waals surface area (Å²) in [6, 6.07) is 7.00. The summed E-state index contributed by atoms with van der Waals surface area (Å²) in [5, 5.41) is 6.25. The van der Waals surface area contributed by atoms with Crippen LogP contribution in [0.1, 0.15) is 65.0 Å². The number of amides is 2. The third-order valence-electron chi connectivity index (χ3n) is 6.25. The number of ether oxygens (including phenoxy) is 1. The average molecular weight is 660 g/mol. The van der Waals surface area contributed by atoms with E-state index >= 15 is 0 Å². The van der Waals surface area contributed by atoms with Gasteiger partial charge in [-0.1, -0.05) is 12.1 Å². The molecule has 0 aliphatic heterocycles. The van der Waals surface area contributed by atoms with E-state index in [4.69, 9.17) is 4.74 Å². The van der Waals surface area contributed by atoms with Gasteiger partial charge in [-0.2, -0.15) is 0 Å². The molecular weight excluding hydrogens is 623 g/mol. The lowest BCUT2D eigenvalue weighted by molar-refractivity contribution is -0.126. The highest BCUT2D eigenvalue weighted by molar-refractivity contribution is 9.10. The largest absolute Gasteiger partial charge is 0.444 e. The molecule has 9 nitrogen and oxygen atoms in total. The number of aromatic nitrogens is 1. The molecule has 1 aromatic heterocycles. The van der Waals surface area contributed by atoms with Crippen LogP contribution in [0.25, 0.3) is 0 Å².